The number of esters is 1. The van der Waals surface area contributed by atoms with Crippen LogP contribution in [0.15, 0.2) is 54.7 Å². The lowest BCUT2D eigenvalue weighted by atomic mass is 10.1. The maximum atomic E-state index is 12.2. The van der Waals surface area contributed by atoms with E-state index in [4.69, 9.17) is 4.74 Å². The third-order valence-corrected chi connectivity index (χ3v) is 4.02. The van der Waals surface area contributed by atoms with Crippen LogP contribution in [0.1, 0.15) is 15.9 Å². The Kier molecular flexibility index (Phi) is 6.21. The van der Waals surface area contributed by atoms with Crippen molar-refractivity contribution in [2.24, 2.45) is 0 Å². The molecule has 0 saturated heterocycles. The molecule has 0 radical (unpaired) electrons. The normalized spacial score (nSPS) is 10.8. The van der Waals surface area contributed by atoms with E-state index in [-0.39, 0.29) is 11.3 Å². The summed E-state index contributed by atoms with van der Waals surface area (Å²) in [5.74, 6) is -1.41. The van der Waals surface area contributed by atoms with Crippen LogP contribution in [0.2, 0.25) is 0 Å². The van der Waals surface area contributed by atoms with Gasteiger partial charge in [0.25, 0.3) is 5.91 Å². The molecule has 1 amide bonds. The van der Waals surface area contributed by atoms with Crippen molar-refractivity contribution in [3.63, 3.8) is 0 Å². The van der Waals surface area contributed by atoms with Crippen molar-refractivity contribution in [1.29, 1.82) is 0 Å². The molecule has 1 aromatic heterocycles. The molecule has 0 unspecified atom stereocenters. The lowest BCUT2D eigenvalue weighted by Crippen LogP contribution is -2.30. The largest absolute Gasteiger partial charge is 0.452 e. The van der Waals surface area contributed by atoms with Crippen LogP contribution in [-0.4, -0.2) is 36.6 Å². The molecule has 3 aromatic rings. The van der Waals surface area contributed by atoms with Gasteiger partial charge in [0.2, 0.25) is 0 Å². The van der Waals surface area contributed by atoms with E-state index in [9.17, 15) is 18.4 Å². The lowest BCUT2D eigenvalue weighted by molar-refractivity contribution is -0.124. The number of halogens is 2. The number of aromatic amines is 1. The number of hydrogen-bond acceptors (Lipinski definition) is 4. The molecule has 0 bridgehead atoms. The highest BCUT2D eigenvalue weighted by atomic mass is 19.3. The number of fused-ring (bicyclic) bond motifs is 1. The smallest absolute Gasteiger partial charge is 0.387 e. The van der Waals surface area contributed by atoms with Gasteiger partial charge in [0.15, 0.2) is 6.61 Å². The Morgan fingerprint density at radius 3 is 2.75 bits per heavy atom. The summed E-state index contributed by atoms with van der Waals surface area (Å²) in [4.78, 5) is 27.0. The number of aromatic nitrogens is 1. The van der Waals surface area contributed by atoms with Gasteiger partial charge in [-0.15, -0.1) is 0 Å². The molecule has 28 heavy (non-hydrogen) atoms. The van der Waals surface area contributed by atoms with E-state index in [1.807, 2.05) is 30.5 Å². The Hall–Kier alpha value is -3.42. The predicted octanol–water partition coefficient (Wildman–Crippen LogP) is 3.29. The molecule has 0 fully saturated rings. The fourth-order valence-electron chi connectivity index (χ4n) is 2.74. The fraction of sp³-hybridized carbons (Fsp3) is 0.200. The highest BCUT2D eigenvalue weighted by Crippen LogP contribution is 2.18. The van der Waals surface area contributed by atoms with Crippen LogP contribution in [0.25, 0.3) is 10.9 Å². The van der Waals surface area contributed by atoms with E-state index in [0.717, 1.165) is 22.5 Å². The lowest BCUT2D eigenvalue weighted by Gasteiger charge is -2.08. The molecule has 0 atom stereocenters. The topological polar surface area (TPSA) is 80.4 Å². The van der Waals surface area contributed by atoms with Crippen LogP contribution in [-0.2, 0) is 16.0 Å². The molecule has 1 heterocycles. The number of para-hydroxylation sites is 1. The number of ether oxygens (including phenoxy) is 2. The fourth-order valence-corrected chi connectivity index (χ4v) is 2.74. The predicted molar refractivity (Wildman–Crippen MR) is 98.4 cm³/mol. The number of H-pyrrole nitrogens is 1. The molecule has 0 aliphatic rings. The number of rotatable bonds is 8. The molecule has 3 rings (SSSR count). The van der Waals surface area contributed by atoms with Gasteiger partial charge in [-0.1, -0.05) is 24.3 Å². The first-order valence-electron chi connectivity index (χ1n) is 8.56. The number of benzene rings is 2. The number of carbonyl (C=O) groups excluding carboxylic acids is 2. The second kappa shape index (κ2) is 8.98. The van der Waals surface area contributed by atoms with E-state index < -0.39 is 25.1 Å². The van der Waals surface area contributed by atoms with E-state index in [0.29, 0.717) is 13.0 Å². The molecule has 0 aliphatic heterocycles. The second-order valence-electron chi connectivity index (χ2n) is 5.94. The van der Waals surface area contributed by atoms with Crippen molar-refractivity contribution < 1.29 is 27.8 Å². The van der Waals surface area contributed by atoms with Crippen LogP contribution >= 0.6 is 0 Å². The molecule has 8 heteroatoms. The SMILES string of the molecule is O=C(COC(=O)c1cccc(OC(F)F)c1)NCCc1c[nH]c2ccccc12. The van der Waals surface area contributed by atoms with Gasteiger partial charge < -0.3 is 19.8 Å². The molecular weight excluding hydrogens is 370 g/mol. The van der Waals surface area contributed by atoms with Gasteiger partial charge in [-0.3, -0.25) is 4.79 Å². The Morgan fingerprint density at radius 1 is 1.11 bits per heavy atom. The monoisotopic (exact) mass is 388 g/mol. The van der Waals surface area contributed by atoms with Crippen molar-refractivity contribution in [2.75, 3.05) is 13.2 Å². The summed E-state index contributed by atoms with van der Waals surface area (Å²) in [6.07, 6.45) is 2.52. The molecule has 146 valence electrons. The molecule has 6 nitrogen and oxygen atoms in total. The summed E-state index contributed by atoms with van der Waals surface area (Å²) < 4.78 is 33.6. The first-order chi connectivity index (χ1) is 13.5. The molecular formula is C20H18F2N2O4. The van der Waals surface area contributed by atoms with E-state index in [2.05, 4.69) is 15.0 Å². The molecule has 0 aliphatic carbocycles. The van der Waals surface area contributed by atoms with Crippen LogP contribution in [0.5, 0.6) is 5.75 Å². The van der Waals surface area contributed by atoms with Gasteiger partial charge >= 0.3 is 12.6 Å². The molecule has 0 spiro atoms. The summed E-state index contributed by atoms with van der Waals surface area (Å²) in [5, 5.41) is 3.77. The average Bonchev–Trinajstić information content (AvgIpc) is 3.09. The summed E-state index contributed by atoms with van der Waals surface area (Å²) in [6.45, 7) is -3.07. The van der Waals surface area contributed by atoms with E-state index >= 15 is 0 Å². The average molecular weight is 388 g/mol. The number of carbonyl (C=O) groups is 2. The van der Waals surface area contributed by atoms with Gasteiger partial charge in [0, 0.05) is 23.6 Å². The van der Waals surface area contributed by atoms with Gasteiger partial charge in [-0.25, -0.2) is 4.79 Å². The van der Waals surface area contributed by atoms with Gasteiger partial charge in [0.05, 0.1) is 5.56 Å². The maximum absolute atomic E-state index is 12.2. The Bertz CT molecular complexity index is 972. The summed E-state index contributed by atoms with van der Waals surface area (Å²) in [5.41, 5.74) is 2.12. The first kappa shape index (κ1) is 19.3. The second-order valence-corrected chi connectivity index (χ2v) is 5.94. The van der Waals surface area contributed by atoms with Crippen molar-refractivity contribution in [3.05, 3.63) is 65.9 Å². The minimum atomic E-state index is -2.99. The van der Waals surface area contributed by atoms with Gasteiger partial charge in [0.1, 0.15) is 5.75 Å². The van der Waals surface area contributed by atoms with E-state index in [1.54, 1.807) is 0 Å². The van der Waals surface area contributed by atoms with Crippen molar-refractivity contribution >= 4 is 22.8 Å². The van der Waals surface area contributed by atoms with Gasteiger partial charge in [-0.2, -0.15) is 8.78 Å². The number of nitrogens with one attached hydrogen (secondary N) is 2. The van der Waals surface area contributed by atoms with E-state index in [1.165, 1.54) is 18.2 Å². The van der Waals surface area contributed by atoms with Crippen molar-refractivity contribution in [1.82, 2.24) is 10.3 Å². The number of hydrogen-bond donors (Lipinski definition) is 2. The maximum Gasteiger partial charge on any atom is 0.387 e. The summed E-state index contributed by atoms with van der Waals surface area (Å²) >= 11 is 0. The Labute approximate surface area is 159 Å². The summed E-state index contributed by atoms with van der Waals surface area (Å²) in [7, 11) is 0. The quantitative estimate of drug-likeness (QED) is 0.581. The van der Waals surface area contributed by atoms with Crippen molar-refractivity contribution in [3.8, 4) is 5.75 Å². The molecule has 2 aromatic carbocycles. The zero-order chi connectivity index (χ0) is 19.9. The highest BCUT2D eigenvalue weighted by molar-refractivity contribution is 5.91. The third-order valence-electron chi connectivity index (χ3n) is 4.02. The zero-order valence-corrected chi connectivity index (χ0v) is 14.8. The minimum Gasteiger partial charge on any atom is -0.452 e. The minimum absolute atomic E-state index is 0.0183. The highest BCUT2D eigenvalue weighted by Gasteiger charge is 2.12. The number of alkyl halides is 2. The third kappa shape index (κ3) is 5.06. The van der Waals surface area contributed by atoms with Crippen LogP contribution in [0, 0.1) is 0 Å². The molecule has 0 saturated carbocycles. The standard InChI is InChI=1S/C20H18F2N2O4/c21-20(22)28-15-5-3-4-13(10-15)19(26)27-12-18(25)23-9-8-14-11-24-17-7-2-1-6-16(14)17/h1-7,10-11,20,24H,8-9,12H2,(H,23,25). The Balaban J connectivity index is 1.44. The van der Waals surface area contributed by atoms with Crippen LogP contribution < -0.4 is 10.1 Å². The number of amides is 1. The Morgan fingerprint density at radius 2 is 1.93 bits per heavy atom. The van der Waals surface area contributed by atoms with Crippen LogP contribution in [0.4, 0.5) is 8.78 Å². The summed E-state index contributed by atoms with van der Waals surface area (Å²) in [6, 6.07) is 13.0. The van der Waals surface area contributed by atoms with Crippen molar-refractivity contribution in [2.45, 2.75) is 13.0 Å². The van der Waals surface area contributed by atoms with Gasteiger partial charge in [-0.05, 0) is 36.2 Å². The zero-order valence-electron chi connectivity index (χ0n) is 14.8. The molecule has 2 N–H and O–H groups in total. The first-order valence-corrected chi connectivity index (χ1v) is 8.56. The van der Waals surface area contributed by atoms with Crippen LogP contribution in [0.3, 0.4) is 0 Å².